The van der Waals surface area contributed by atoms with E-state index in [9.17, 15) is 4.79 Å². The third kappa shape index (κ3) is 2.34. The normalized spacial score (nSPS) is 29.2. The Morgan fingerprint density at radius 2 is 2.18 bits per heavy atom. The van der Waals surface area contributed by atoms with E-state index in [0.29, 0.717) is 11.9 Å². The fourth-order valence-electron chi connectivity index (χ4n) is 3.30. The molecule has 0 aromatic heterocycles. The van der Waals surface area contributed by atoms with E-state index < -0.39 is 0 Å². The Bertz CT molecular complexity index is 289. The molecular weight excluding hydrogens is 232 g/mol. The fourth-order valence-corrected chi connectivity index (χ4v) is 3.88. The van der Waals surface area contributed by atoms with Crippen LogP contribution in [0.2, 0.25) is 0 Å². The quantitative estimate of drug-likeness (QED) is 0.837. The maximum absolute atomic E-state index is 12.6. The number of thioether (sulfide) groups is 1. The molecule has 2 fully saturated rings. The highest BCUT2D eigenvalue weighted by Crippen LogP contribution is 2.37. The summed E-state index contributed by atoms with van der Waals surface area (Å²) in [5, 5.41) is 3.56. The zero-order valence-corrected chi connectivity index (χ0v) is 12.0. The molecule has 1 saturated heterocycles. The summed E-state index contributed by atoms with van der Waals surface area (Å²) < 4.78 is 0. The van der Waals surface area contributed by atoms with E-state index in [1.807, 2.05) is 11.8 Å². The summed E-state index contributed by atoms with van der Waals surface area (Å²) in [6, 6.07) is 0.359. The minimum Gasteiger partial charge on any atom is -0.323 e. The van der Waals surface area contributed by atoms with E-state index in [4.69, 9.17) is 0 Å². The van der Waals surface area contributed by atoms with Crippen LogP contribution in [0.1, 0.15) is 46.0 Å². The van der Waals surface area contributed by atoms with E-state index in [0.717, 1.165) is 25.0 Å². The maximum Gasteiger partial charge on any atom is 0.244 e. The molecule has 2 atom stereocenters. The Morgan fingerprint density at radius 1 is 1.53 bits per heavy atom. The van der Waals surface area contributed by atoms with Gasteiger partial charge in [-0.2, -0.15) is 11.8 Å². The van der Waals surface area contributed by atoms with Crippen LogP contribution in [-0.4, -0.2) is 40.6 Å². The van der Waals surface area contributed by atoms with Crippen molar-refractivity contribution in [1.29, 1.82) is 0 Å². The first-order valence-corrected chi connectivity index (χ1v) is 8.09. The van der Waals surface area contributed by atoms with Gasteiger partial charge in [0, 0.05) is 6.04 Å². The summed E-state index contributed by atoms with van der Waals surface area (Å²) in [6.07, 6.45) is 7.87. The van der Waals surface area contributed by atoms with Crippen LogP contribution in [0.5, 0.6) is 0 Å². The molecule has 0 bridgehead atoms. The van der Waals surface area contributed by atoms with Gasteiger partial charge in [0.05, 0.1) is 11.7 Å². The zero-order chi connectivity index (χ0) is 12.5. The standard InChI is InChI=1S/C13H24N2OS/c1-10(6-9-17-3)15-11(2)14-13(12(15)16)7-4-5-8-13/h10-11,14H,4-9H2,1-3H3. The molecule has 1 saturated carbocycles. The molecule has 4 heteroatoms. The smallest absolute Gasteiger partial charge is 0.244 e. The van der Waals surface area contributed by atoms with Crippen molar-refractivity contribution in [3.8, 4) is 0 Å². The molecule has 1 aliphatic heterocycles. The van der Waals surface area contributed by atoms with Crippen LogP contribution in [0.15, 0.2) is 0 Å². The third-order valence-corrected chi connectivity index (χ3v) is 4.86. The van der Waals surface area contributed by atoms with Crippen LogP contribution in [0, 0.1) is 0 Å². The minimum absolute atomic E-state index is 0.201. The second-order valence-corrected chi connectivity index (χ2v) is 6.44. The van der Waals surface area contributed by atoms with Gasteiger partial charge < -0.3 is 4.90 Å². The first-order valence-electron chi connectivity index (χ1n) is 6.70. The lowest BCUT2D eigenvalue weighted by atomic mass is 9.97. The van der Waals surface area contributed by atoms with Gasteiger partial charge >= 0.3 is 0 Å². The Kier molecular flexibility index (Phi) is 4.03. The van der Waals surface area contributed by atoms with Crippen molar-refractivity contribution in [2.24, 2.45) is 0 Å². The van der Waals surface area contributed by atoms with Crippen molar-refractivity contribution in [1.82, 2.24) is 10.2 Å². The van der Waals surface area contributed by atoms with Gasteiger partial charge in [-0.25, -0.2) is 0 Å². The number of hydrogen-bond donors (Lipinski definition) is 1. The predicted octanol–water partition coefficient (Wildman–Crippen LogP) is 2.22. The third-order valence-electron chi connectivity index (χ3n) is 4.22. The van der Waals surface area contributed by atoms with Crippen LogP contribution in [0.3, 0.4) is 0 Å². The van der Waals surface area contributed by atoms with Crippen LogP contribution in [0.25, 0.3) is 0 Å². The fraction of sp³-hybridized carbons (Fsp3) is 0.923. The first kappa shape index (κ1) is 13.2. The second kappa shape index (κ2) is 5.19. The Hall–Kier alpha value is -0.220. The minimum atomic E-state index is -0.201. The Labute approximate surface area is 109 Å². The maximum atomic E-state index is 12.6. The number of hydrogen-bond acceptors (Lipinski definition) is 3. The summed E-state index contributed by atoms with van der Waals surface area (Å²) in [6.45, 7) is 4.31. The van der Waals surface area contributed by atoms with E-state index in [1.54, 1.807) is 0 Å². The van der Waals surface area contributed by atoms with Crippen LogP contribution in [-0.2, 0) is 4.79 Å². The van der Waals surface area contributed by atoms with Crippen molar-refractivity contribution >= 4 is 17.7 Å². The topological polar surface area (TPSA) is 32.3 Å². The molecule has 1 spiro atoms. The number of nitrogens with zero attached hydrogens (tertiary/aromatic N) is 1. The number of amides is 1. The molecule has 1 aliphatic carbocycles. The number of rotatable bonds is 4. The number of carbonyl (C=O) groups excluding carboxylic acids is 1. The number of carbonyl (C=O) groups is 1. The van der Waals surface area contributed by atoms with Gasteiger partial charge in [-0.3, -0.25) is 10.1 Å². The average molecular weight is 256 g/mol. The lowest BCUT2D eigenvalue weighted by Crippen LogP contribution is -2.45. The van der Waals surface area contributed by atoms with E-state index in [2.05, 4.69) is 30.3 Å². The van der Waals surface area contributed by atoms with Crippen LogP contribution >= 0.6 is 11.8 Å². The molecular formula is C13H24N2OS. The summed E-state index contributed by atoms with van der Waals surface area (Å²) in [7, 11) is 0. The Morgan fingerprint density at radius 3 is 2.76 bits per heavy atom. The molecule has 3 nitrogen and oxygen atoms in total. The van der Waals surface area contributed by atoms with Gasteiger partial charge in [0.1, 0.15) is 0 Å². The summed E-state index contributed by atoms with van der Waals surface area (Å²) >= 11 is 1.86. The van der Waals surface area contributed by atoms with Crippen molar-refractivity contribution < 1.29 is 4.79 Å². The van der Waals surface area contributed by atoms with Crippen LogP contribution < -0.4 is 5.32 Å². The van der Waals surface area contributed by atoms with Crippen molar-refractivity contribution in [3.05, 3.63) is 0 Å². The van der Waals surface area contributed by atoms with Gasteiger partial charge in [0.15, 0.2) is 0 Å². The summed E-state index contributed by atoms with van der Waals surface area (Å²) in [5.74, 6) is 1.49. The van der Waals surface area contributed by atoms with Crippen LogP contribution in [0.4, 0.5) is 0 Å². The largest absolute Gasteiger partial charge is 0.323 e. The highest BCUT2D eigenvalue weighted by molar-refractivity contribution is 7.98. The molecule has 2 unspecified atom stereocenters. The molecule has 98 valence electrons. The van der Waals surface area contributed by atoms with Crippen molar-refractivity contribution in [2.75, 3.05) is 12.0 Å². The molecule has 0 aromatic carbocycles. The van der Waals surface area contributed by atoms with E-state index >= 15 is 0 Å². The lowest BCUT2D eigenvalue weighted by Gasteiger charge is -2.28. The molecule has 17 heavy (non-hydrogen) atoms. The predicted molar refractivity (Wildman–Crippen MR) is 73.1 cm³/mol. The van der Waals surface area contributed by atoms with Gasteiger partial charge in [-0.1, -0.05) is 12.8 Å². The molecule has 1 heterocycles. The zero-order valence-electron chi connectivity index (χ0n) is 11.2. The van der Waals surface area contributed by atoms with E-state index in [-0.39, 0.29) is 11.7 Å². The average Bonchev–Trinajstić information content (AvgIpc) is 2.84. The second-order valence-electron chi connectivity index (χ2n) is 5.45. The van der Waals surface area contributed by atoms with Crippen molar-refractivity contribution in [2.45, 2.75) is 63.7 Å². The Balaban J connectivity index is 2.05. The van der Waals surface area contributed by atoms with Gasteiger partial charge in [0.25, 0.3) is 0 Å². The molecule has 0 radical (unpaired) electrons. The SMILES string of the molecule is CSCCC(C)N1C(=O)C2(CCCC2)NC1C. The van der Waals surface area contributed by atoms with Gasteiger partial charge in [-0.15, -0.1) is 0 Å². The molecule has 2 rings (SSSR count). The van der Waals surface area contributed by atoms with Gasteiger partial charge in [0.2, 0.25) is 5.91 Å². The summed E-state index contributed by atoms with van der Waals surface area (Å²) in [4.78, 5) is 14.7. The molecule has 1 N–H and O–H groups in total. The highest BCUT2D eigenvalue weighted by Gasteiger charge is 2.51. The van der Waals surface area contributed by atoms with Gasteiger partial charge in [-0.05, 0) is 45.1 Å². The molecule has 2 aliphatic rings. The van der Waals surface area contributed by atoms with E-state index in [1.165, 1.54) is 12.8 Å². The number of nitrogens with one attached hydrogen (secondary N) is 1. The molecule has 1 amide bonds. The molecule has 0 aromatic rings. The highest BCUT2D eigenvalue weighted by atomic mass is 32.2. The van der Waals surface area contributed by atoms with Crippen molar-refractivity contribution in [3.63, 3.8) is 0 Å². The summed E-state index contributed by atoms with van der Waals surface area (Å²) in [5.41, 5.74) is -0.201. The lowest BCUT2D eigenvalue weighted by molar-refractivity contribution is -0.134. The first-order chi connectivity index (χ1) is 8.10. The monoisotopic (exact) mass is 256 g/mol.